The molecule has 0 radical (unpaired) electrons. The third kappa shape index (κ3) is 3.86. The lowest BCUT2D eigenvalue weighted by atomic mass is 10.0. The standard InChI is InChI=1S/C19H14N2O3S/c20-13-14-6-11-19(24-16-4-2-1-3-5-16)18(12-14)15-7-9-17(10-8-15)25(21,22)23/h1-12H,(H2,21,22,23). The average molecular weight is 350 g/mol. The Morgan fingerprint density at radius 1 is 0.920 bits per heavy atom. The van der Waals surface area contributed by atoms with E-state index in [4.69, 9.17) is 15.1 Å². The molecule has 0 heterocycles. The first-order valence-electron chi connectivity index (χ1n) is 7.38. The number of ether oxygens (including phenoxy) is 1. The normalized spacial score (nSPS) is 10.9. The Morgan fingerprint density at radius 3 is 2.20 bits per heavy atom. The molecule has 0 atom stereocenters. The molecule has 0 aliphatic rings. The summed E-state index contributed by atoms with van der Waals surface area (Å²) >= 11 is 0. The van der Waals surface area contributed by atoms with E-state index in [1.165, 1.54) is 12.1 Å². The van der Waals surface area contributed by atoms with Crippen molar-refractivity contribution in [3.63, 3.8) is 0 Å². The monoisotopic (exact) mass is 350 g/mol. The van der Waals surface area contributed by atoms with E-state index in [0.717, 1.165) is 5.56 Å². The second kappa shape index (κ2) is 6.77. The SMILES string of the molecule is N#Cc1ccc(Oc2ccccc2)c(-c2ccc(S(N)(=O)=O)cc2)c1. The van der Waals surface area contributed by atoms with Gasteiger partial charge in [0.2, 0.25) is 10.0 Å². The van der Waals surface area contributed by atoms with Crippen LogP contribution in [0.25, 0.3) is 11.1 Å². The molecule has 5 nitrogen and oxygen atoms in total. The van der Waals surface area contributed by atoms with Gasteiger partial charge < -0.3 is 4.74 Å². The van der Waals surface area contributed by atoms with Crippen LogP contribution in [0.4, 0.5) is 0 Å². The lowest BCUT2D eigenvalue weighted by Gasteiger charge is -2.12. The first kappa shape index (κ1) is 16.7. The molecular formula is C19H14N2O3S. The number of rotatable bonds is 4. The zero-order chi connectivity index (χ0) is 17.9. The molecule has 124 valence electrons. The van der Waals surface area contributed by atoms with Crippen molar-refractivity contribution < 1.29 is 13.2 Å². The number of benzene rings is 3. The molecule has 3 rings (SSSR count). The number of nitriles is 1. The lowest BCUT2D eigenvalue weighted by molar-refractivity contribution is 0.484. The zero-order valence-electron chi connectivity index (χ0n) is 13.1. The predicted molar refractivity (Wildman–Crippen MR) is 94.5 cm³/mol. The van der Waals surface area contributed by atoms with E-state index < -0.39 is 10.0 Å². The van der Waals surface area contributed by atoms with E-state index in [9.17, 15) is 8.42 Å². The number of para-hydroxylation sites is 1. The molecular weight excluding hydrogens is 336 g/mol. The van der Waals surface area contributed by atoms with E-state index in [1.54, 1.807) is 30.3 Å². The Bertz CT molecular complexity index is 1040. The summed E-state index contributed by atoms with van der Waals surface area (Å²) in [6, 6.07) is 22.6. The van der Waals surface area contributed by atoms with E-state index in [1.807, 2.05) is 30.3 Å². The summed E-state index contributed by atoms with van der Waals surface area (Å²) in [6.07, 6.45) is 0. The molecule has 0 saturated carbocycles. The van der Waals surface area contributed by atoms with Crippen LogP contribution in [0.5, 0.6) is 11.5 Å². The molecule has 3 aromatic rings. The van der Waals surface area contributed by atoms with Crippen molar-refractivity contribution in [3.8, 4) is 28.7 Å². The van der Waals surface area contributed by atoms with Crippen LogP contribution in [0.3, 0.4) is 0 Å². The van der Waals surface area contributed by atoms with Crippen LogP contribution in [-0.2, 0) is 10.0 Å². The Morgan fingerprint density at radius 2 is 1.60 bits per heavy atom. The second-order valence-corrected chi connectivity index (χ2v) is 6.87. The van der Waals surface area contributed by atoms with Gasteiger partial charge in [0.05, 0.1) is 16.5 Å². The Labute approximate surface area is 146 Å². The average Bonchev–Trinajstić information content (AvgIpc) is 2.62. The highest BCUT2D eigenvalue weighted by Crippen LogP contribution is 2.34. The topological polar surface area (TPSA) is 93.2 Å². The number of primary sulfonamides is 1. The van der Waals surface area contributed by atoms with Crippen LogP contribution in [0.2, 0.25) is 0 Å². The maximum atomic E-state index is 11.4. The van der Waals surface area contributed by atoms with E-state index in [2.05, 4.69) is 6.07 Å². The summed E-state index contributed by atoms with van der Waals surface area (Å²) in [7, 11) is -3.76. The summed E-state index contributed by atoms with van der Waals surface area (Å²) < 4.78 is 28.7. The van der Waals surface area contributed by atoms with Gasteiger partial charge in [-0.2, -0.15) is 5.26 Å². The van der Waals surface area contributed by atoms with Crippen LogP contribution in [0.15, 0.2) is 77.7 Å². The van der Waals surface area contributed by atoms with E-state index in [0.29, 0.717) is 22.6 Å². The van der Waals surface area contributed by atoms with Gasteiger partial charge in [-0.15, -0.1) is 0 Å². The lowest BCUT2D eigenvalue weighted by Crippen LogP contribution is -2.11. The van der Waals surface area contributed by atoms with Gasteiger partial charge in [0.1, 0.15) is 11.5 Å². The molecule has 0 unspecified atom stereocenters. The van der Waals surface area contributed by atoms with Crippen LogP contribution in [0.1, 0.15) is 5.56 Å². The molecule has 0 saturated heterocycles. The molecule has 0 fully saturated rings. The van der Waals surface area contributed by atoms with Crippen molar-refractivity contribution >= 4 is 10.0 Å². The summed E-state index contributed by atoms with van der Waals surface area (Å²) in [6.45, 7) is 0. The Balaban J connectivity index is 2.06. The smallest absolute Gasteiger partial charge is 0.238 e. The maximum Gasteiger partial charge on any atom is 0.238 e. The van der Waals surface area contributed by atoms with Gasteiger partial charge in [0.15, 0.2) is 0 Å². The van der Waals surface area contributed by atoms with E-state index >= 15 is 0 Å². The van der Waals surface area contributed by atoms with Crippen molar-refractivity contribution in [3.05, 3.63) is 78.4 Å². The highest BCUT2D eigenvalue weighted by atomic mass is 32.2. The molecule has 0 spiro atoms. The van der Waals surface area contributed by atoms with Gasteiger partial charge in [-0.25, -0.2) is 13.6 Å². The van der Waals surface area contributed by atoms with E-state index in [-0.39, 0.29) is 4.90 Å². The zero-order valence-corrected chi connectivity index (χ0v) is 13.9. The minimum Gasteiger partial charge on any atom is -0.457 e. The highest BCUT2D eigenvalue weighted by molar-refractivity contribution is 7.89. The maximum absolute atomic E-state index is 11.4. The number of hydrogen-bond donors (Lipinski definition) is 1. The largest absolute Gasteiger partial charge is 0.457 e. The molecule has 0 aliphatic heterocycles. The molecule has 0 aliphatic carbocycles. The van der Waals surface area contributed by atoms with Gasteiger partial charge in [0, 0.05) is 5.56 Å². The summed E-state index contributed by atoms with van der Waals surface area (Å²) in [5, 5.41) is 14.3. The van der Waals surface area contributed by atoms with Crippen molar-refractivity contribution in [2.75, 3.05) is 0 Å². The van der Waals surface area contributed by atoms with Crippen LogP contribution in [0, 0.1) is 11.3 Å². The second-order valence-electron chi connectivity index (χ2n) is 5.31. The minimum atomic E-state index is -3.76. The number of nitrogens with two attached hydrogens (primary N) is 1. The number of hydrogen-bond acceptors (Lipinski definition) is 4. The predicted octanol–water partition coefficient (Wildman–Crippen LogP) is 3.66. The quantitative estimate of drug-likeness (QED) is 0.777. The van der Waals surface area contributed by atoms with Crippen molar-refractivity contribution in [1.82, 2.24) is 0 Å². The minimum absolute atomic E-state index is 0.0261. The van der Waals surface area contributed by atoms with Crippen molar-refractivity contribution in [1.29, 1.82) is 5.26 Å². The molecule has 3 aromatic carbocycles. The van der Waals surface area contributed by atoms with Gasteiger partial charge in [-0.3, -0.25) is 0 Å². The van der Waals surface area contributed by atoms with Crippen LogP contribution in [-0.4, -0.2) is 8.42 Å². The fraction of sp³-hybridized carbons (Fsp3) is 0. The molecule has 6 heteroatoms. The van der Waals surface area contributed by atoms with Crippen molar-refractivity contribution in [2.45, 2.75) is 4.90 Å². The van der Waals surface area contributed by atoms with Gasteiger partial charge in [-0.1, -0.05) is 30.3 Å². The number of nitrogens with zero attached hydrogens (tertiary/aromatic N) is 1. The Kier molecular flexibility index (Phi) is 4.52. The Hall–Kier alpha value is -3.14. The summed E-state index contributed by atoms with van der Waals surface area (Å²) in [5.41, 5.74) is 1.88. The van der Waals surface area contributed by atoms with Gasteiger partial charge in [0.25, 0.3) is 0 Å². The van der Waals surface area contributed by atoms with Crippen molar-refractivity contribution in [2.24, 2.45) is 5.14 Å². The summed E-state index contributed by atoms with van der Waals surface area (Å²) in [4.78, 5) is 0.0261. The highest BCUT2D eigenvalue weighted by Gasteiger charge is 2.12. The summed E-state index contributed by atoms with van der Waals surface area (Å²) in [5.74, 6) is 1.23. The first-order valence-corrected chi connectivity index (χ1v) is 8.92. The first-order chi connectivity index (χ1) is 12.0. The third-order valence-electron chi connectivity index (χ3n) is 3.57. The fourth-order valence-corrected chi connectivity index (χ4v) is 2.87. The molecule has 0 aromatic heterocycles. The number of sulfonamides is 1. The van der Waals surface area contributed by atoms with Crippen LogP contribution < -0.4 is 9.88 Å². The molecule has 2 N–H and O–H groups in total. The molecule has 0 bridgehead atoms. The molecule has 0 amide bonds. The van der Waals surface area contributed by atoms with Gasteiger partial charge >= 0.3 is 0 Å². The van der Waals surface area contributed by atoms with Gasteiger partial charge in [-0.05, 0) is 48.0 Å². The van der Waals surface area contributed by atoms with Crippen LogP contribution >= 0.6 is 0 Å². The fourth-order valence-electron chi connectivity index (χ4n) is 2.35. The third-order valence-corrected chi connectivity index (χ3v) is 4.50. The molecule has 25 heavy (non-hydrogen) atoms.